The van der Waals surface area contributed by atoms with Crippen LogP contribution in [0.5, 0.6) is 0 Å². The van der Waals surface area contributed by atoms with Crippen LogP contribution in [0.1, 0.15) is 24.7 Å². The summed E-state index contributed by atoms with van der Waals surface area (Å²) in [5.41, 5.74) is 0.905. The third-order valence-electron chi connectivity index (χ3n) is 2.86. The highest BCUT2D eigenvalue weighted by Crippen LogP contribution is 2.20. The van der Waals surface area contributed by atoms with Crippen LogP contribution >= 0.6 is 22.3 Å². The van der Waals surface area contributed by atoms with Gasteiger partial charge in [0.25, 0.3) is 9.05 Å². The van der Waals surface area contributed by atoms with E-state index in [1.165, 1.54) is 6.20 Å². The number of hydrogen-bond donors (Lipinski definition) is 0. The molecule has 20 heavy (non-hydrogen) atoms. The summed E-state index contributed by atoms with van der Waals surface area (Å²) in [6.07, 6.45) is 2.99. The standard InChI is InChI=1S/C13H14Cl2N2O2S/c1-2-5-12-16-13(20(15,18)19)9-17(12)8-10-6-3-4-7-11(10)14/h3-4,6-7,9H,2,5,8H2,1H3. The molecule has 0 unspecified atom stereocenters. The van der Waals surface area contributed by atoms with Crippen LogP contribution in [-0.2, 0) is 22.0 Å². The fraction of sp³-hybridized carbons (Fsp3) is 0.308. The van der Waals surface area contributed by atoms with Gasteiger partial charge in [-0.15, -0.1) is 0 Å². The second-order valence-corrected chi connectivity index (χ2v) is 7.32. The maximum absolute atomic E-state index is 11.4. The average Bonchev–Trinajstić information content (AvgIpc) is 2.76. The molecule has 0 bridgehead atoms. The van der Waals surface area contributed by atoms with Crippen LogP contribution in [0.25, 0.3) is 0 Å². The zero-order chi connectivity index (χ0) is 14.8. The summed E-state index contributed by atoms with van der Waals surface area (Å²) in [5, 5.41) is 0.522. The molecule has 1 heterocycles. The Labute approximate surface area is 127 Å². The van der Waals surface area contributed by atoms with Gasteiger partial charge in [-0.3, -0.25) is 0 Å². The van der Waals surface area contributed by atoms with Crippen molar-refractivity contribution in [1.82, 2.24) is 9.55 Å². The van der Waals surface area contributed by atoms with Crippen molar-refractivity contribution in [1.29, 1.82) is 0 Å². The molecule has 1 aromatic carbocycles. The lowest BCUT2D eigenvalue weighted by molar-refractivity contribution is 0.606. The van der Waals surface area contributed by atoms with Gasteiger partial charge in [0.2, 0.25) is 0 Å². The summed E-state index contributed by atoms with van der Waals surface area (Å²) in [5.74, 6) is 0.687. The third-order valence-corrected chi connectivity index (χ3v) is 4.40. The normalized spacial score (nSPS) is 11.8. The number of aryl methyl sites for hydroxylation is 1. The molecule has 0 aliphatic carbocycles. The molecule has 1 aromatic heterocycles. The second kappa shape index (κ2) is 6.16. The van der Waals surface area contributed by atoms with Crippen molar-refractivity contribution >= 4 is 31.3 Å². The van der Waals surface area contributed by atoms with Gasteiger partial charge in [0.05, 0.1) is 6.54 Å². The Morgan fingerprint density at radius 1 is 1.30 bits per heavy atom. The molecule has 0 amide bonds. The molecule has 0 aliphatic rings. The lowest BCUT2D eigenvalue weighted by Crippen LogP contribution is -2.04. The number of benzene rings is 1. The zero-order valence-electron chi connectivity index (χ0n) is 10.9. The first-order valence-corrected chi connectivity index (χ1v) is 8.84. The molecular formula is C13H14Cl2N2O2S. The van der Waals surface area contributed by atoms with Gasteiger partial charge in [0, 0.05) is 28.3 Å². The highest BCUT2D eigenvalue weighted by atomic mass is 35.7. The van der Waals surface area contributed by atoms with E-state index < -0.39 is 9.05 Å². The smallest absolute Gasteiger partial charge is 0.280 e. The van der Waals surface area contributed by atoms with Crippen LogP contribution in [0, 0.1) is 0 Å². The van der Waals surface area contributed by atoms with E-state index in [9.17, 15) is 8.42 Å². The minimum atomic E-state index is -3.82. The number of nitrogens with zero attached hydrogens (tertiary/aromatic N) is 2. The zero-order valence-corrected chi connectivity index (χ0v) is 13.2. The summed E-state index contributed by atoms with van der Waals surface area (Å²) in [4.78, 5) is 4.10. The third kappa shape index (κ3) is 3.53. The number of imidazole rings is 1. The van der Waals surface area contributed by atoms with Crippen LogP contribution in [0.15, 0.2) is 35.5 Å². The molecule has 0 aliphatic heterocycles. The Bertz CT molecular complexity index is 711. The molecule has 108 valence electrons. The van der Waals surface area contributed by atoms with Crippen LogP contribution in [0.4, 0.5) is 0 Å². The van der Waals surface area contributed by atoms with Crippen molar-refractivity contribution in [2.24, 2.45) is 0 Å². The van der Waals surface area contributed by atoms with Crippen molar-refractivity contribution in [3.8, 4) is 0 Å². The summed E-state index contributed by atoms with van der Waals surface area (Å²) in [6, 6.07) is 7.43. The average molecular weight is 333 g/mol. The van der Waals surface area contributed by atoms with E-state index in [1.54, 1.807) is 10.6 Å². The number of hydrogen-bond acceptors (Lipinski definition) is 3. The van der Waals surface area contributed by atoms with Crippen LogP contribution < -0.4 is 0 Å². The molecule has 0 saturated heterocycles. The van der Waals surface area contributed by atoms with E-state index >= 15 is 0 Å². The van der Waals surface area contributed by atoms with Gasteiger partial charge in [-0.25, -0.2) is 13.4 Å². The van der Waals surface area contributed by atoms with Gasteiger partial charge in [-0.2, -0.15) is 0 Å². The first-order valence-electron chi connectivity index (χ1n) is 6.16. The monoisotopic (exact) mass is 332 g/mol. The molecule has 4 nitrogen and oxygen atoms in total. The summed E-state index contributed by atoms with van der Waals surface area (Å²) in [6.45, 7) is 2.47. The summed E-state index contributed by atoms with van der Waals surface area (Å²) in [7, 11) is 1.53. The Morgan fingerprint density at radius 3 is 2.60 bits per heavy atom. The summed E-state index contributed by atoms with van der Waals surface area (Å²) < 4.78 is 24.5. The SMILES string of the molecule is CCCc1nc(S(=O)(=O)Cl)cn1Cc1ccccc1Cl. The number of halogens is 2. The Balaban J connectivity index is 2.40. The van der Waals surface area contributed by atoms with Gasteiger partial charge >= 0.3 is 0 Å². The lowest BCUT2D eigenvalue weighted by Gasteiger charge is -2.08. The molecule has 0 saturated carbocycles. The van der Waals surface area contributed by atoms with Crippen LogP contribution in [0.3, 0.4) is 0 Å². The lowest BCUT2D eigenvalue weighted by atomic mass is 10.2. The van der Waals surface area contributed by atoms with Gasteiger partial charge in [-0.05, 0) is 18.1 Å². The number of aromatic nitrogens is 2. The molecule has 7 heteroatoms. The van der Waals surface area contributed by atoms with Crippen molar-refractivity contribution in [3.05, 3.63) is 46.9 Å². The van der Waals surface area contributed by atoms with Crippen LogP contribution in [0.2, 0.25) is 5.02 Å². The maximum atomic E-state index is 11.4. The van der Waals surface area contributed by atoms with Gasteiger partial charge in [0.1, 0.15) is 5.82 Å². The largest absolute Gasteiger partial charge is 0.329 e. The van der Waals surface area contributed by atoms with E-state index in [0.29, 0.717) is 23.8 Å². The molecular weight excluding hydrogens is 319 g/mol. The Kier molecular flexibility index (Phi) is 4.73. The first-order chi connectivity index (χ1) is 9.41. The molecule has 0 fully saturated rings. The van der Waals surface area contributed by atoms with E-state index in [1.807, 2.05) is 25.1 Å². The number of rotatable bonds is 5. The van der Waals surface area contributed by atoms with Crippen molar-refractivity contribution < 1.29 is 8.42 Å². The topological polar surface area (TPSA) is 52.0 Å². The predicted octanol–water partition coefficient (Wildman–Crippen LogP) is 3.46. The van der Waals surface area contributed by atoms with E-state index in [4.69, 9.17) is 22.3 Å². The van der Waals surface area contributed by atoms with E-state index in [2.05, 4.69) is 4.98 Å². The molecule has 0 N–H and O–H groups in total. The van der Waals surface area contributed by atoms with E-state index in [0.717, 1.165) is 12.0 Å². The maximum Gasteiger partial charge on any atom is 0.280 e. The molecule has 2 aromatic rings. The van der Waals surface area contributed by atoms with E-state index in [-0.39, 0.29) is 5.03 Å². The van der Waals surface area contributed by atoms with Crippen molar-refractivity contribution in [2.75, 3.05) is 0 Å². The quantitative estimate of drug-likeness (QED) is 0.788. The fourth-order valence-corrected chi connectivity index (χ4v) is 2.80. The molecule has 2 rings (SSSR count). The Hall–Kier alpha value is -1.04. The van der Waals surface area contributed by atoms with Crippen molar-refractivity contribution in [2.45, 2.75) is 31.3 Å². The Morgan fingerprint density at radius 2 is 2.00 bits per heavy atom. The molecule has 0 spiro atoms. The highest BCUT2D eigenvalue weighted by molar-refractivity contribution is 8.13. The van der Waals surface area contributed by atoms with Gasteiger partial charge in [-0.1, -0.05) is 36.7 Å². The molecule has 0 atom stereocenters. The van der Waals surface area contributed by atoms with Gasteiger partial charge in [0.15, 0.2) is 5.03 Å². The van der Waals surface area contributed by atoms with Crippen LogP contribution in [-0.4, -0.2) is 18.0 Å². The van der Waals surface area contributed by atoms with Crippen molar-refractivity contribution in [3.63, 3.8) is 0 Å². The van der Waals surface area contributed by atoms with Gasteiger partial charge < -0.3 is 4.57 Å². The highest BCUT2D eigenvalue weighted by Gasteiger charge is 2.18. The minimum absolute atomic E-state index is 0.116. The predicted molar refractivity (Wildman–Crippen MR) is 79.8 cm³/mol. The summed E-state index contributed by atoms with van der Waals surface area (Å²) >= 11 is 6.12. The first kappa shape index (κ1) is 15.4. The second-order valence-electron chi connectivity index (χ2n) is 4.40. The minimum Gasteiger partial charge on any atom is -0.329 e. The molecule has 0 radical (unpaired) electrons. The fourth-order valence-electron chi connectivity index (χ4n) is 1.92.